The molecule has 1 N–H and O–H groups in total. The zero-order valence-electron chi connectivity index (χ0n) is 18.5. The van der Waals surface area contributed by atoms with E-state index in [4.69, 9.17) is 4.74 Å². The number of likely N-dealkylation sites (N-methyl/N-ethyl adjacent to an activating group) is 1. The molecule has 0 unspecified atom stereocenters. The van der Waals surface area contributed by atoms with Crippen LogP contribution < -0.4 is 10.1 Å². The van der Waals surface area contributed by atoms with E-state index in [1.807, 2.05) is 11.8 Å². The van der Waals surface area contributed by atoms with Gasteiger partial charge < -0.3 is 19.9 Å². The van der Waals surface area contributed by atoms with Gasteiger partial charge in [0.15, 0.2) is 0 Å². The van der Waals surface area contributed by atoms with Crippen molar-refractivity contribution in [2.75, 3.05) is 65.5 Å². The number of nitrogens with one attached hydrogen (secondary N) is 1. The smallest absolute Gasteiger partial charge is 0.243 e. The Morgan fingerprint density at radius 3 is 2.23 bits per heavy atom. The van der Waals surface area contributed by atoms with E-state index in [0.29, 0.717) is 38.5 Å². The van der Waals surface area contributed by atoms with Crippen molar-refractivity contribution in [2.24, 2.45) is 0 Å². The maximum Gasteiger partial charge on any atom is 0.243 e. The minimum Gasteiger partial charge on any atom is -0.494 e. The van der Waals surface area contributed by atoms with Crippen molar-refractivity contribution >= 4 is 15.9 Å². The number of amides is 1. The van der Waals surface area contributed by atoms with Crippen LogP contribution in [0.5, 0.6) is 5.75 Å². The van der Waals surface area contributed by atoms with Gasteiger partial charge in [-0.3, -0.25) is 4.79 Å². The van der Waals surface area contributed by atoms with Crippen LogP contribution in [0.1, 0.15) is 27.2 Å². The highest BCUT2D eigenvalue weighted by molar-refractivity contribution is 7.89. The van der Waals surface area contributed by atoms with Crippen molar-refractivity contribution in [3.05, 3.63) is 24.3 Å². The van der Waals surface area contributed by atoms with E-state index in [1.165, 1.54) is 4.31 Å². The van der Waals surface area contributed by atoms with E-state index in [-0.39, 0.29) is 23.8 Å². The topological polar surface area (TPSA) is 82.2 Å². The first-order valence-corrected chi connectivity index (χ1v) is 12.3. The lowest BCUT2D eigenvalue weighted by molar-refractivity contribution is -0.131. The highest BCUT2D eigenvalue weighted by Gasteiger charge is 2.26. The third kappa shape index (κ3) is 6.94. The van der Waals surface area contributed by atoms with E-state index in [2.05, 4.69) is 24.1 Å². The largest absolute Gasteiger partial charge is 0.494 e. The van der Waals surface area contributed by atoms with Gasteiger partial charge in [0.1, 0.15) is 5.75 Å². The summed E-state index contributed by atoms with van der Waals surface area (Å²) in [4.78, 5) is 16.8. The quantitative estimate of drug-likeness (QED) is 0.527. The normalized spacial score (nSPS) is 15.0. The van der Waals surface area contributed by atoms with Crippen molar-refractivity contribution in [2.45, 2.75) is 32.1 Å². The van der Waals surface area contributed by atoms with Crippen molar-refractivity contribution in [1.29, 1.82) is 0 Å². The molecule has 30 heavy (non-hydrogen) atoms. The summed E-state index contributed by atoms with van der Waals surface area (Å²) in [5.74, 6) is 0.645. The third-order valence-electron chi connectivity index (χ3n) is 5.38. The van der Waals surface area contributed by atoms with Crippen LogP contribution in [0.4, 0.5) is 0 Å². The molecule has 0 aromatic heterocycles. The highest BCUT2D eigenvalue weighted by Crippen LogP contribution is 2.20. The molecule has 1 amide bonds. The van der Waals surface area contributed by atoms with Crippen LogP contribution in [0.15, 0.2) is 29.2 Å². The molecular formula is C21H36N4O4S. The Hall–Kier alpha value is -1.68. The Bertz CT molecular complexity index is 745. The number of sulfonamides is 1. The minimum absolute atomic E-state index is 0.00577. The fourth-order valence-corrected chi connectivity index (χ4v) is 4.89. The molecule has 1 aromatic rings. The molecular weight excluding hydrogens is 404 g/mol. The lowest BCUT2D eigenvalue weighted by Crippen LogP contribution is -2.47. The number of carbonyl (C=O) groups excluding carboxylic acids is 1. The number of piperazine rings is 1. The fourth-order valence-electron chi connectivity index (χ4n) is 3.46. The van der Waals surface area contributed by atoms with Crippen LogP contribution in [-0.2, 0) is 14.8 Å². The standard InChI is InChI=1S/C21H36N4O4S/c1-4-23(5-2)17-18-25(14-11-21(26)24-15-12-22-13-16-24)30(27,28)20-9-7-19(8-10-20)29-6-3/h7-10,22H,4-6,11-18H2,1-3H3. The zero-order chi connectivity index (χ0) is 22.0. The minimum atomic E-state index is -3.70. The molecule has 1 aliphatic rings. The number of hydrogen-bond donors (Lipinski definition) is 1. The van der Waals surface area contributed by atoms with Crippen molar-refractivity contribution in [3.8, 4) is 5.75 Å². The first-order valence-electron chi connectivity index (χ1n) is 10.9. The Morgan fingerprint density at radius 2 is 1.67 bits per heavy atom. The molecule has 1 saturated heterocycles. The van der Waals surface area contributed by atoms with Crippen LogP contribution in [-0.4, -0.2) is 93.9 Å². The molecule has 0 spiro atoms. The second-order valence-corrected chi connectivity index (χ2v) is 9.15. The number of rotatable bonds is 12. The van der Waals surface area contributed by atoms with Gasteiger partial charge in [-0.2, -0.15) is 4.31 Å². The molecule has 0 radical (unpaired) electrons. The number of hydrogen-bond acceptors (Lipinski definition) is 6. The summed E-state index contributed by atoms with van der Waals surface area (Å²) in [5, 5.41) is 3.22. The molecule has 0 saturated carbocycles. The van der Waals surface area contributed by atoms with Gasteiger partial charge in [0.05, 0.1) is 11.5 Å². The lowest BCUT2D eigenvalue weighted by atomic mass is 10.3. The monoisotopic (exact) mass is 440 g/mol. The Balaban J connectivity index is 2.12. The van der Waals surface area contributed by atoms with Gasteiger partial charge in [-0.1, -0.05) is 13.8 Å². The Morgan fingerprint density at radius 1 is 1.03 bits per heavy atom. The van der Waals surface area contributed by atoms with Gasteiger partial charge >= 0.3 is 0 Å². The summed E-state index contributed by atoms with van der Waals surface area (Å²) in [6.07, 6.45) is 0.189. The molecule has 0 bridgehead atoms. The zero-order valence-corrected chi connectivity index (χ0v) is 19.3. The third-order valence-corrected chi connectivity index (χ3v) is 7.29. The van der Waals surface area contributed by atoms with Gasteiger partial charge in [0.25, 0.3) is 0 Å². The van der Waals surface area contributed by atoms with Gasteiger partial charge in [0, 0.05) is 52.2 Å². The summed E-state index contributed by atoms with van der Waals surface area (Å²) in [7, 11) is -3.70. The SMILES string of the molecule is CCOc1ccc(S(=O)(=O)N(CCC(=O)N2CCNCC2)CCN(CC)CC)cc1. The number of benzene rings is 1. The van der Waals surface area contributed by atoms with Gasteiger partial charge in [-0.05, 0) is 44.3 Å². The van der Waals surface area contributed by atoms with Gasteiger partial charge in [-0.25, -0.2) is 8.42 Å². The summed E-state index contributed by atoms with van der Waals surface area (Å²) in [5.41, 5.74) is 0. The van der Waals surface area contributed by atoms with E-state index < -0.39 is 10.0 Å². The second-order valence-electron chi connectivity index (χ2n) is 7.22. The first kappa shape index (κ1) is 24.6. The summed E-state index contributed by atoms with van der Waals surface area (Å²) < 4.78 is 33.5. The predicted octanol–water partition coefficient (Wildman–Crippen LogP) is 1.24. The average Bonchev–Trinajstić information content (AvgIpc) is 2.77. The Labute approximate surface area is 181 Å². The number of ether oxygens (including phenoxy) is 1. The molecule has 1 aliphatic heterocycles. The fraction of sp³-hybridized carbons (Fsp3) is 0.667. The van der Waals surface area contributed by atoms with Crippen LogP contribution in [0.3, 0.4) is 0 Å². The number of nitrogens with zero attached hydrogens (tertiary/aromatic N) is 3. The molecule has 170 valence electrons. The second kappa shape index (κ2) is 12.2. The van der Waals surface area contributed by atoms with E-state index in [9.17, 15) is 13.2 Å². The molecule has 8 nitrogen and oxygen atoms in total. The Kier molecular flexibility index (Phi) is 10.0. The molecule has 2 rings (SSSR count). The van der Waals surface area contributed by atoms with Crippen LogP contribution >= 0.6 is 0 Å². The van der Waals surface area contributed by atoms with Crippen molar-refractivity contribution in [1.82, 2.24) is 19.4 Å². The molecule has 1 heterocycles. The van der Waals surface area contributed by atoms with E-state index >= 15 is 0 Å². The summed E-state index contributed by atoms with van der Waals surface area (Å²) in [6, 6.07) is 6.49. The van der Waals surface area contributed by atoms with Crippen molar-refractivity contribution in [3.63, 3.8) is 0 Å². The van der Waals surface area contributed by atoms with E-state index in [0.717, 1.165) is 26.2 Å². The molecule has 9 heteroatoms. The maximum absolute atomic E-state index is 13.3. The van der Waals surface area contributed by atoms with E-state index in [1.54, 1.807) is 24.3 Å². The highest BCUT2D eigenvalue weighted by atomic mass is 32.2. The average molecular weight is 441 g/mol. The van der Waals surface area contributed by atoms with Crippen LogP contribution in [0.25, 0.3) is 0 Å². The molecule has 0 atom stereocenters. The molecule has 1 fully saturated rings. The summed E-state index contributed by atoms with van der Waals surface area (Å²) >= 11 is 0. The lowest BCUT2D eigenvalue weighted by Gasteiger charge is -2.29. The van der Waals surface area contributed by atoms with Crippen LogP contribution in [0.2, 0.25) is 0 Å². The van der Waals surface area contributed by atoms with Gasteiger partial charge in [0.2, 0.25) is 15.9 Å². The first-order chi connectivity index (χ1) is 14.4. The maximum atomic E-state index is 13.3. The number of carbonyl (C=O) groups is 1. The van der Waals surface area contributed by atoms with Gasteiger partial charge in [-0.15, -0.1) is 0 Å². The van der Waals surface area contributed by atoms with Crippen molar-refractivity contribution < 1.29 is 17.9 Å². The van der Waals surface area contributed by atoms with Crippen LogP contribution in [0, 0.1) is 0 Å². The molecule has 0 aliphatic carbocycles. The predicted molar refractivity (Wildman–Crippen MR) is 118 cm³/mol. The molecule has 1 aromatic carbocycles. The summed E-state index contributed by atoms with van der Waals surface area (Å²) in [6.45, 7) is 12.3.